The highest BCUT2D eigenvalue weighted by atomic mass is 16.1. The van der Waals surface area contributed by atoms with Gasteiger partial charge in [0.05, 0.1) is 0 Å². The average molecular weight is 225 g/mol. The lowest BCUT2D eigenvalue weighted by Gasteiger charge is -1.99. The topological polar surface area (TPSA) is 54.9 Å². The van der Waals surface area contributed by atoms with Gasteiger partial charge < -0.3 is 5.32 Å². The van der Waals surface area contributed by atoms with E-state index in [4.69, 9.17) is 0 Å². The van der Waals surface area contributed by atoms with Gasteiger partial charge in [-0.25, -0.2) is 4.98 Å². The molecule has 4 nitrogen and oxygen atoms in total. The summed E-state index contributed by atoms with van der Waals surface area (Å²) in [5, 5.41) is 2.65. The highest BCUT2D eigenvalue weighted by molar-refractivity contribution is 6.01. The SMILES string of the molecule is O=C(/C=C/c1cccnc1)Nc1ccccn1. The fourth-order valence-electron chi connectivity index (χ4n) is 1.25. The van der Waals surface area contributed by atoms with Gasteiger partial charge in [0.15, 0.2) is 0 Å². The second kappa shape index (κ2) is 5.55. The van der Waals surface area contributed by atoms with Crippen LogP contribution in [0.3, 0.4) is 0 Å². The molecule has 0 spiro atoms. The van der Waals surface area contributed by atoms with Crippen LogP contribution in [0.2, 0.25) is 0 Å². The molecule has 0 radical (unpaired) electrons. The summed E-state index contributed by atoms with van der Waals surface area (Å²) in [4.78, 5) is 19.5. The summed E-state index contributed by atoms with van der Waals surface area (Å²) in [5.41, 5.74) is 0.878. The molecule has 0 aliphatic rings. The second-order valence-corrected chi connectivity index (χ2v) is 3.32. The first-order chi connectivity index (χ1) is 8.34. The molecule has 0 unspecified atom stereocenters. The van der Waals surface area contributed by atoms with Gasteiger partial charge in [-0.15, -0.1) is 0 Å². The summed E-state index contributed by atoms with van der Waals surface area (Å²) in [6, 6.07) is 9.03. The van der Waals surface area contributed by atoms with Crippen LogP contribution < -0.4 is 5.32 Å². The van der Waals surface area contributed by atoms with Gasteiger partial charge in [-0.05, 0) is 29.8 Å². The van der Waals surface area contributed by atoms with Crippen molar-refractivity contribution in [3.63, 3.8) is 0 Å². The van der Waals surface area contributed by atoms with Gasteiger partial charge in [0.2, 0.25) is 5.91 Å². The van der Waals surface area contributed by atoms with E-state index in [9.17, 15) is 4.79 Å². The summed E-state index contributed by atoms with van der Waals surface area (Å²) in [7, 11) is 0. The van der Waals surface area contributed by atoms with Crippen molar-refractivity contribution in [2.24, 2.45) is 0 Å². The van der Waals surface area contributed by atoms with Crippen LogP contribution in [0.5, 0.6) is 0 Å². The van der Waals surface area contributed by atoms with E-state index in [0.29, 0.717) is 5.82 Å². The standard InChI is InChI=1S/C13H11N3O/c17-13(16-12-5-1-2-9-15-12)7-6-11-4-3-8-14-10-11/h1-10H,(H,15,16,17)/b7-6+. The quantitative estimate of drug-likeness (QED) is 0.814. The molecule has 1 amide bonds. The Morgan fingerprint density at radius 2 is 2.12 bits per heavy atom. The van der Waals surface area contributed by atoms with Gasteiger partial charge in [-0.2, -0.15) is 0 Å². The number of hydrogen-bond donors (Lipinski definition) is 1. The minimum atomic E-state index is -0.215. The zero-order valence-electron chi connectivity index (χ0n) is 9.08. The van der Waals surface area contributed by atoms with E-state index in [-0.39, 0.29) is 5.91 Å². The zero-order chi connectivity index (χ0) is 11.9. The predicted molar refractivity (Wildman–Crippen MR) is 66.1 cm³/mol. The third-order valence-corrected chi connectivity index (χ3v) is 2.03. The molecular formula is C13H11N3O. The molecule has 0 saturated carbocycles. The molecule has 4 heteroatoms. The van der Waals surface area contributed by atoms with E-state index in [1.165, 1.54) is 6.08 Å². The van der Waals surface area contributed by atoms with E-state index in [1.54, 1.807) is 36.8 Å². The van der Waals surface area contributed by atoms with Crippen LogP contribution in [0.1, 0.15) is 5.56 Å². The number of nitrogens with one attached hydrogen (secondary N) is 1. The van der Waals surface area contributed by atoms with Crippen LogP contribution in [-0.2, 0) is 4.79 Å². The molecule has 2 aromatic heterocycles. The molecule has 2 heterocycles. The van der Waals surface area contributed by atoms with Gasteiger partial charge in [0.25, 0.3) is 0 Å². The summed E-state index contributed by atoms with van der Waals surface area (Å²) in [6.07, 6.45) is 8.15. The number of carbonyl (C=O) groups is 1. The molecule has 1 N–H and O–H groups in total. The molecule has 0 atom stereocenters. The monoisotopic (exact) mass is 225 g/mol. The fraction of sp³-hybridized carbons (Fsp3) is 0. The van der Waals surface area contributed by atoms with Crippen LogP contribution in [0.25, 0.3) is 6.08 Å². The molecule has 2 aromatic rings. The van der Waals surface area contributed by atoms with Crippen molar-refractivity contribution in [3.05, 3.63) is 60.6 Å². The third kappa shape index (κ3) is 3.53. The summed E-state index contributed by atoms with van der Waals surface area (Å²) >= 11 is 0. The molecular weight excluding hydrogens is 214 g/mol. The first-order valence-electron chi connectivity index (χ1n) is 5.15. The third-order valence-electron chi connectivity index (χ3n) is 2.03. The van der Waals surface area contributed by atoms with Crippen molar-refractivity contribution in [1.82, 2.24) is 9.97 Å². The normalized spacial score (nSPS) is 10.4. The molecule has 84 valence electrons. The van der Waals surface area contributed by atoms with Crippen molar-refractivity contribution in [3.8, 4) is 0 Å². The van der Waals surface area contributed by atoms with E-state index >= 15 is 0 Å². The molecule has 0 saturated heterocycles. The number of rotatable bonds is 3. The predicted octanol–water partition coefficient (Wildman–Crippen LogP) is 2.13. The fourth-order valence-corrected chi connectivity index (χ4v) is 1.25. The number of anilines is 1. The highest BCUT2D eigenvalue weighted by Crippen LogP contribution is 2.02. The van der Waals surface area contributed by atoms with Crippen LogP contribution in [0.15, 0.2) is 55.0 Å². The Labute approximate surface area is 99.0 Å². The Balaban J connectivity index is 1.96. The van der Waals surface area contributed by atoms with Crippen molar-refractivity contribution >= 4 is 17.8 Å². The van der Waals surface area contributed by atoms with E-state index in [2.05, 4.69) is 15.3 Å². The first-order valence-corrected chi connectivity index (χ1v) is 5.15. The molecule has 0 bridgehead atoms. The molecule has 2 rings (SSSR count). The van der Waals surface area contributed by atoms with Crippen LogP contribution in [-0.4, -0.2) is 15.9 Å². The lowest BCUT2D eigenvalue weighted by Crippen LogP contribution is -2.08. The maximum atomic E-state index is 11.5. The van der Waals surface area contributed by atoms with Crippen molar-refractivity contribution < 1.29 is 4.79 Å². The number of carbonyl (C=O) groups excluding carboxylic acids is 1. The van der Waals surface area contributed by atoms with Crippen LogP contribution >= 0.6 is 0 Å². The minimum Gasteiger partial charge on any atom is -0.307 e. The van der Waals surface area contributed by atoms with Crippen LogP contribution in [0.4, 0.5) is 5.82 Å². The zero-order valence-corrected chi connectivity index (χ0v) is 9.08. The summed E-state index contributed by atoms with van der Waals surface area (Å²) < 4.78 is 0. The summed E-state index contributed by atoms with van der Waals surface area (Å²) in [6.45, 7) is 0. The Hall–Kier alpha value is -2.49. The largest absolute Gasteiger partial charge is 0.307 e. The van der Waals surface area contributed by atoms with Gasteiger partial charge in [-0.3, -0.25) is 9.78 Å². The average Bonchev–Trinajstić information content (AvgIpc) is 2.39. The molecule has 0 aromatic carbocycles. The summed E-state index contributed by atoms with van der Waals surface area (Å²) in [5.74, 6) is 0.320. The lowest BCUT2D eigenvalue weighted by atomic mass is 10.2. The van der Waals surface area contributed by atoms with E-state index in [0.717, 1.165) is 5.56 Å². The highest BCUT2D eigenvalue weighted by Gasteiger charge is 1.97. The van der Waals surface area contributed by atoms with Gasteiger partial charge in [-0.1, -0.05) is 12.1 Å². The van der Waals surface area contributed by atoms with Crippen molar-refractivity contribution in [1.29, 1.82) is 0 Å². The van der Waals surface area contributed by atoms with Crippen molar-refractivity contribution in [2.45, 2.75) is 0 Å². The molecule has 0 aliphatic carbocycles. The molecule has 0 aliphatic heterocycles. The Kier molecular flexibility index (Phi) is 3.60. The van der Waals surface area contributed by atoms with Gasteiger partial charge in [0, 0.05) is 24.7 Å². The Bertz CT molecular complexity index is 509. The number of aromatic nitrogens is 2. The smallest absolute Gasteiger partial charge is 0.249 e. The van der Waals surface area contributed by atoms with E-state index < -0.39 is 0 Å². The Morgan fingerprint density at radius 1 is 1.18 bits per heavy atom. The lowest BCUT2D eigenvalue weighted by molar-refractivity contribution is -0.111. The number of hydrogen-bond acceptors (Lipinski definition) is 3. The first kappa shape index (κ1) is 11.0. The molecule has 0 fully saturated rings. The number of nitrogens with zero attached hydrogens (tertiary/aromatic N) is 2. The van der Waals surface area contributed by atoms with Crippen LogP contribution in [0, 0.1) is 0 Å². The maximum Gasteiger partial charge on any atom is 0.249 e. The van der Waals surface area contributed by atoms with E-state index in [1.807, 2.05) is 18.2 Å². The number of pyridine rings is 2. The minimum absolute atomic E-state index is 0.215. The second-order valence-electron chi connectivity index (χ2n) is 3.32. The Morgan fingerprint density at radius 3 is 2.82 bits per heavy atom. The van der Waals surface area contributed by atoms with Gasteiger partial charge >= 0.3 is 0 Å². The van der Waals surface area contributed by atoms with Gasteiger partial charge in [0.1, 0.15) is 5.82 Å². The molecule has 17 heavy (non-hydrogen) atoms. The van der Waals surface area contributed by atoms with Crippen molar-refractivity contribution in [2.75, 3.05) is 5.32 Å². The number of amides is 1. The maximum absolute atomic E-state index is 11.5.